The van der Waals surface area contributed by atoms with Crippen LogP contribution in [0.3, 0.4) is 0 Å². The number of aliphatic hydroxyl groups is 1. The molecule has 0 radical (unpaired) electrons. The molecule has 1 aromatic rings. The first-order valence-electron chi connectivity index (χ1n) is 12.3. The molecule has 1 fully saturated rings. The lowest BCUT2D eigenvalue weighted by atomic mass is 9.95. The highest BCUT2D eigenvalue weighted by molar-refractivity contribution is 5.90. The number of ether oxygens (including phenoxy) is 1. The van der Waals surface area contributed by atoms with E-state index in [0.29, 0.717) is 11.6 Å². The number of fused-ring (bicyclic) bond motifs is 3. The molecular weight excluding hydrogens is 426 g/mol. The molecule has 2 aliphatic heterocycles. The molecule has 0 saturated carbocycles. The third kappa shape index (κ3) is 5.06. The van der Waals surface area contributed by atoms with Gasteiger partial charge in [0.15, 0.2) is 0 Å². The molecule has 1 unspecified atom stereocenters. The van der Waals surface area contributed by atoms with Crippen LogP contribution in [0.25, 0.3) is 11.3 Å². The summed E-state index contributed by atoms with van der Waals surface area (Å²) >= 11 is 0. The second-order valence-electron chi connectivity index (χ2n) is 10.3. The second-order valence-corrected chi connectivity index (χ2v) is 10.3. The van der Waals surface area contributed by atoms with Crippen molar-refractivity contribution in [3.63, 3.8) is 0 Å². The van der Waals surface area contributed by atoms with Gasteiger partial charge in [0.1, 0.15) is 0 Å². The zero-order chi connectivity index (χ0) is 24.5. The summed E-state index contributed by atoms with van der Waals surface area (Å²) < 4.78 is 5.67. The van der Waals surface area contributed by atoms with Crippen molar-refractivity contribution in [2.75, 3.05) is 31.7 Å². The molecule has 34 heavy (non-hydrogen) atoms. The number of rotatable bonds is 5. The Bertz CT molecular complexity index is 1020. The van der Waals surface area contributed by atoms with Crippen molar-refractivity contribution in [1.82, 2.24) is 9.99 Å². The van der Waals surface area contributed by atoms with Crippen molar-refractivity contribution in [1.29, 1.82) is 0 Å². The lowest BCUT2D eigenvalue weighted by molar-refractivity contribution is 0.105. The number of aromatic nitrogens is 1. The largest absolute Gasteiger partial charge is 0.401 e. The van der Waals surface area contributed by atoms with E-state index in [4.69, 9.17) is 21.3 Å². The van der Waals surface area contributed by atoms with E-state index >= 15 is 0 Å². The monoisotopic (exact) mass is 465 g/mol. The first-order chi connectivity index (χ1) is 16.2. The molecule has 1 atom stereocenters. The van der Waals surface area contributed by atoms with Gasteiger partial charge in [-0.2, -0.15) is 0 Å². The Labute approximate surface area is 203 Å². The summed E-state index contributed by atoms with van der Waals surface area (Å²) in [5, 5.41) is 12.1. The Kier molecular flexibility index (Phi) is 7.17. The number of allylic oxidation sites excluding steroid dienone is 3. The summed E-state index contributed by atoms with van der Waals surface area (Å²) in [5.41, 5.74) is 11.8. The zero-order valence-electron chi connectivity index (χ0n) is 20.9. The fraction of sp³-hybridized carbons (Fsp3) is 0.519. The number of pyridine rings is 1. The van der Waals surface area contributed by atoms with Crippen molar-refractivity contribution in [2.24, 2.45) is 17.5 Å². The van der Waals surface area contributed by atoms with Gasteiger partial charge in [0.05, 0.1) is 28.7 Å². The van der Waals surface area contributed by atoms with E-state index in [0.717, 1.165) is 79.2 Å². The molecule has 0 bridgehead atoms. The van der Waals surface area contributed by atoms with Crippen LogP contribution in [0.15, 0.2) is 47.8 Å². The molecule has 3 heterocycles. The van der Waals surface area contributed by atoms with Gasteiger partial charge in [-0.25, -0.2) is 5.84 Å². The van der Waals surface area contributed by atoms with Crippen LogP contribution in [0.1, 0.15) is 57.7 Å². The minimum absolute atomic E-state index is 0.0672. The van der Waals surface area contributed by atoms with E-state index in [2.05, 4.69) is 29.2 Å². The topological polar surface area (TPSA) is 101 Å². The van der Waals surface area contributed by atoms with Crippen LogP contribution in [0, 0.1) is 5.92 Å². The molecule has 0 spiro atoms. The van der Waals surface area contributed by atoms with Crippen LogP contribution in [0.5, 0.6) is 0 Å². The number of hydrogen-bond donors (Lipinski definition) is 3. The molecule has 1 saturated heterocycles. The van der Waals surface area contributed by atoms with Crippen LogP contribution in [-0.4, -0.2) is 53.5 Å². The number of anilines is 1. The van der Waals surface area contributed by atoms with Gasteiger partial charge in [-0.1, -0.05) is 24.3 Å². The van der Waals surface area contributed by atoms with Gasteiger partial charge < -0.3 is 25.5 Å². The van der Waals surface area contributed by atoms with Gasteiger partial charge in [0.25, 0.3) is 0 Å². The molecule has 3 aliphatic rings. The van der Waals surface area contributed by atoms with Gasteiger partial charge in [-0.05, 0) is 64.0 Å². The summed E-state index contributed by atoms with van der Waals surface area (Å²) in [6.45, 7) is 8.14. The summed E-state index contributed by atoms with van der Waals surface area (Å²) in [4.78, 5) is 7.38. The maximum absolute atomic E-state index is 10.6. The third-order valence-corrected chi connectivity index (χ3v) is 6.97. The van der Waals surface area contributed by atoms with Crippen LogP contribution < -0.4 is 16.5 Å². The van der Waals surface area contributed by atoms with Gasteiger partial charge in [0.2, 0.25) is 0 Å². The number of hydrazine groups is 1. The molecule has 5 N–H and O–H groups in total. The van der Waals surface area contributed by atoms with Crippen molar-refractivity contribution in [2.45, 2.75) is 58.1 Å². The SMILES string of the molecule is C/C(N)=C(\c1cnc2c(c1)N(CC1CCCOCCC1)C1C=CC(C(C)(C)O)=CC=C21)N(C)N. The average Bonchev–Trinajstić information content (AvgIpc) is 2.86. The molecule has 7 heteroatoms. The Morgan fingerprint density at radius 3 is 2.59 bits per heavy atom. The minimum atomic E-state index is -0.902. The highest BCUT2D eigenvalue weighted by atomic mass is 16.5. The molecule has 7 nitrogen and oxygen atoms in total. The molecule has 4 rings (SSSR count). The summed E-state index contributed by atoms with van der Waals surface area (Å²) in [7, 11) is 1.80. The van der Waals surface area contributed by atoms with E-state index in [1.807, 2.05) is 33.0 Å². The van der Waals surface area contributed by atoms with Crippen LogP contribution in [0.4, 0.5) is 5.69 Å². The van der Waals surface area contributed by atoms with E-state index in [1.54, 1.807) is 12.1 Å². The van der Waals surface area contributed by atoms with E-state index in [-0.39, 0.29) is 6.04 Å². The van der Waals surface area contributed by atoms with Gasteiger partial charge in [-0.3, -0.25) is 4.98 Å². The lowest BCUT2D eigenvalue weighted by Crippen LogP contribution is -2.35. The van der Waals surface area contributed by atoms with Crippen LogP contribution >= 0.6 is 0 Å². The summed E-state index contributed by atoms with van der Waals surface area (Å²) in [6, 6.07) is 2.24. The predicted octanol–water partition coefficient (Wildman–Crippen LogP) is 3.58. The van der Waals surface area contributed by atoms with E-state index in [9.17, 15) is 5.11 Å². The summed E-state index contributed by atoms with van der Waals surface area (Å²) in [6.07, 6.45) is 14.8. The maximum atomic E-state index is 10.6. The standard InChI is InChI=1S/C27H39N5O2/c1-18(28)26(31(4)29)20-15-24-25(30-16-20)22-11-9-21(27(2,3)33)10-12-23(22)32(24)17-19-7-5-13-34-14-6-8-19/h9-12,15-16,19,23,33H,5-8,13-14,17,28-29H2,1-4H3/b26-18-. The zero-order valence-corrected chi connectivity index (χ0v) is 20.9. The van der Waals surface area contributed by atoms with Crippen LogP contribution in [-0.2, 0) is 4.74 Å². The Balaban J connectivity index is 1.77. The first kappa shape index (κ1) is 24.5. The van der Waals surface area contributed by atoms with E-state index < -0.39 is 5.60 Å². The maximum Gasteiger partial charge on any atom is 0.0919 e. The number of hydrogen-bond acceptors (Lipinski definition) is 7. The highest BCUT2D eigenvalue weighted by Gasteiger charge is 2.36. The predicted molar refractivity (Wildman–Crippen MR) is 138 cm³/mol. The van der Waals surface area contributed by atoms with Crippen molar-refractivity contribution in [3.05, 3.63) is 59.1 Å². The molecule has 184 valence electrons. The third-order valence-electron chi connectivity index (χ3n) is 6.97. The lowest BCUT2D eigenvalue weighted by Gasteiger charge is -2.31. The quantitative estimate of drug-likeness (QED) is 0.451. The van der Waals surface area contributed by atoms with Gasteiger partial charge >= 0.3 is 0 Å². The molecule has 0 amide bonds. The molecule has 1 aliphatic carbocycles. The Morgan fingerprint density at radius 1 is 1.26 bits per heavy atom. The van der Waals surface area contributed by atoms with Gasteiger partial charge in [0, 0.05) is 49.8 Å². The Morgan fingerprint density at radius 2 is 1.97 bits per heavy atom. The average molecular weight is 466 g/mol. The molecule has 0 aromatic carbocycles. The first-order valence-corrected chi connectivity index (χ1v) is 12.3. The fourth-order valence-electron chi connectivity index (χ4n) is 5.28. The summed E-state index contributed by atoms with van der Waals surface area (Å²) in [5.74, 6) is 6.70. The molecular formula is C27H39N5O2. The highest BCUT2D eigenvalue weighted by Crippen LogP contribution is 2.43. The van der Waals surface area contributed by atoms with Crippen molar-refractivity contribution < 1.29 is 9.84 Å². The van der Waals surface area contributed by atoms with Crippen LogP contribution in [0.2, 0.25) is 0 Å². The smallest absolute Gasteiger partial charge is 0.0919 e. The van der Waals surface area contributed by atoms with Gasteiger partial charge in [-0.15, -0.1) is 0 Å². The number of nitrogens with zero attached hydrogens (tertiary/aromatic N) is 3. The van der Waals surface area contributed by atoms with E-state index in [1.165, 1.54) is 0 Å². The Hall–Kier alpha value is -2.61. The van der Waals surface area contributed by atoms with Crippen molar-refractivity contribution in [3.8, 4) is 0 Å². The number of nitrogens with two attached hydrogens (primary N) is 2. The van der Waals surface area contributed by atoms with Crippen molar-refractivity contribution >= 4 is 17.0 Å². The second kappa shape index (κ2) is 9.94. The fourth-order valence-corrected chi connectivity index (χ4v) is 5.28. The minimum Gasteiger partial charge on any atom is -0.401 e. The molecule has 1 aromatic heterocycles. The normalized spacial score (nSPS) is 22.1.